The summed E-state index contributed by atoms with van der Waals surface area (Å²) in [4.78, 5) is 39.5. The van der Waals surface area contributed by atoms with Crippen LogP contribution in [0.2, 0.25) is 0 Å². The first-order valence-corrected chi connectivity index (χ1v) is 10.2. The summed E-state index contributed by atoms with van der Waals surface area (Å²) in [6, 6.07) is -1.86. The first kappa shape index (κ1) is 26.5. The number of rotatable bonds is 8. The van der Waals surface area contributed by atoms with Crippen LogP contribution in [0.4, 0.5) is 31.5 Å². The van der Waals surface area contributed by atoms with E-state index in [0.29, 0.717) is 11.5 Å². The molecule has 9 nitrogen and oxygen atoms in total. The summed E-state index contributed by atoms with van der Waals surface area (Å²) in [7, 11) is 0. The zero-order valence-corrected chi connectivity index (χ0v) is 18.0. The maximum atomic E-state index is 12.5. The van der Waals surface area contributed by atoms with Crippen LogP contribution in [0.3, 0.4) is 0 Å². The van der Waals surface area contributed by atoms with Gasteiger partial charge in [0.1, 0.15) is 6.04 Å². The van der Waals surface area contributed by atoms with Gasteiger partial charge in [-0.2, -0.15) is 26.3 Å². The van der Waals surface area contributed by atoms with E-state index in [1.54, 1.807) is 0 Å². The number of halogens is 6. The van der Waals surface area contributed by atoms with Gasteiger partial charge in [-0.3, -0.25) is 14.9 Å². The van der Waals surface area contributed by atoms with E-state index in [-0.39, 0.29) is 35.4 Å². The summed E-state index contributed by atoms with van der Waals surface area (Å²) in [6.07, 6.45) is -7.17. The van der Waals surface area contributed by atoms with Crippen LogP contribution in [0.1, 0.15) is 31.7 Å². The molecule has 2 N–H and O–H groups in total. The number of hydroxylamine groups is 2. The predicted molar refractivity (Wildman–Crippen MR) is 101 cm³/mol. The number of amides is 2. The molecule has 2 heterocycles. The standard InChI is InChI=1S/C17H19F6N5O4S/c1-8(2)7-9(3-4-11(29)25-15-27-26-13(33-15)16(18,19)20)24-12(30)10-5-6-28(10)32-14(31)17(21,22)23/h3-4,8-10H,5-7H2,1-2H3,(H,24,30)(H,25,27,29)/b4-3+/t9-,10+/m1/s1. The van der Waals surface area contributed by atoms with Crippen molar-refractivity contribution < 1.29 is 45.6 Å². The fourth-order valence-electron chi connectivity index (χ4n) is 2.60. The third-order valence-electron chi connectivity index (χ3n) is 4.14. The summed E-state index contributed by atoms with van der Waals surface area (Å²) in [5.74, 6) is -3.96. The molecule has 0 radical (unpaired) electrons. The van der Waals surface area contributed by atoms with Gasteiger partial charge in [0.25, 0.3) is 0 Å². The second kappa shape index (κ2) is 10.5. The molecule has 16 heteroatoms. The Labute approximate surface area is 187 Å². The Morgan fingerprint density at radius 1 is 1.21 bits per heavy atom. The SMILES string of the molecule is CC(C)C[C@@H](/C=C/C(=O)Nc1nnc(C(F)(F)F)s1)NC(=O)[C@@H]1CCN1OC(=O)C(F)(F)F. The molecule has 1 aliphatic heterocycles. The molecule has 0 bridgehead atoms. The highest BCUT2D eigenvalue weighted by atomic mass is 32.1. The van der Waals surface area contributed by atoms with Crippen LogP contribution in [0, 0.1) is 5.92 Å². The van der Waals surface area contributed by atoms with E-state index in [9.17, 15) is 40.7 Å². The highest BCUT2D eigenvalue weighted by Crippen LogP contribution is 2.33. The van der Waals surface area contributed by atoms with Gasteiger partial charge in [0.15, 0.2) is 0 Å². The quantitative estimate of drug-likeness (QED) is 0.414. The molecule has 1 fully saturated rings. The van der Waals surface area contributed by atoms with Crippen LogP contribution in [-0.2, 0) is 25.4 Å². The van der Waals surface area contributed by atoms with Gasteiger partial charge in [0, 0.05) is 18.7 Å². The molecule has 0 spiro atoms. The highest BCUT2D eigenvalue weighted by molar-refractivity contribution is 7.15. The molecule has 0 saturated carbocycles. The Kier molecular flexibility index (Phi) is 8.40. The second-order valence-electron chi connectivity index (χ2n) is 7.32. The zero-order chi connectivity index (χ0) is 25.0. The van der Waals surface area contributed by atoms with Gasteiger partial charge in [0.2, 0.25) is 22.0 Å². The first-order chi connectivity index (χ1) is 15.2. The van der Waals surface area contributed by atoms with Crippen molar-refractivity contribution in [2.24, 2.45) is 5.92 Å². The summed E-state index contributed by atoms with van der Waals surface area (Å²) >= 11 is 0.135. The molecular formula is C17H19F6N5O4S. The molecule has 0 aromatic carbocycles. The van der Waals surface area contributed by atoms with Gasteiger partial charge in [-0.1, -0.05) is 31.3 Å². The van der Waals surface area contributed by atoms with Gasteiger partial charge >= 0.3 is 18.3 Å². The molecule has 1 aromatic rings. The van der Waals surface area contributed by atoms with E-state index in [1.807, 2.05) is 13.8 Å². The van der Waals surface area contributed by atoms with Crippen molar-refractivity contribution in [3.05, 3.63) is 17.2 Å². The van der Waals surface area contributed by atoms with Crippen LogP contribution < -0.4 is 10.6 Å². The van der Waals surface area contributed by atoms with E-state index >= 15 is 0 Å². The number of alkyl halides is 6. The van der Waals surface area contributed by atoms with Crippen molar-refractivity contribution in [1.29, 1.82) is 0 Å². The van der Waals surface area contributed by atoms with Crippen molar-refractivity contribution in [3.8, 4) is 0 Å². The number of carbonyl (C=O) groups is 3. The lowest BCUT2D eigenvalue weighted by atomic mass is 10.0. The van der Waals surface area contributed by atoms with Gasteiger partial charge in [-0.25, -0.2) is 4.79 Å². The minimum Gasteiger partial charge on any atom is -0.360 e. The number of aromatic nitrogens is 2. The fraction of sp³-hybridized carbons (Fsp3) is 0.588. The van der Waals surface area contributed by atoms with Crippen LogP contribution in [0.15, 0.2) is 12.2 Å². The zero-order valence-electron chi connectivity index (χ0n) is 17.2. The number of carbonyl (C=O) groups excluding carboxylic acids is 3. The molecule has 1 saturated heterocycles. The minimum absolute atomic E-state index is 0.0288. The van der Waals surface area contributed by atoms with Crippen molar-refractivity contribution >= 4 is 34.3 Å². The van der Waals surface area contributed by atoms with Crippen LogP contribution in [0.5, 0.6) is 0 Å². The van der Waals surface area contributed by atoms with Gasteiger partial charge in [-0.15, -0.1) is 15.3 Å². The molecule has 1 aliphatic rings. The monoisotopic (exact) mass is 503 g/mol. The Hall–Kier alpha value is -2.75. The van der Waals surface area contributed by atoms with Gasteiger partial charge in [-0.05, 0) is 18.8 Å². The van der Waals surface area contributed by atoms with E-state index < -0.39 is 47.2 Å². The smallest absolute Gasteiger partial charge is 0.360 e. The maximum Gasteiger partial charge on any atom is 0.492 e. The summed E-state index contributed by atoms with van der Waals surface area (Å²) in [5, 5.41) is 9.82. The lowest BCUT2D eigenvalue weighted by Crippen LogP contribution is -2.58. The molecule has 2 atom stereocenters. The molecule has 0 unspecified atom stereocenters. The molecule has 184 valence electrons. The fourth-order valence-corrected chi connectivity index (χ4v) is 3.22. The lowest BCUT2D eigenvalue weighted by molar-refractivity contribution is -0.261. The number of nitrogens with one attached hydrogen (secondary N) is 2. The minimum atomic E-state index is -5.21. The molecule has 1 aromatic heterocycles. The van der Waals surface area contributed by atoms with Crippen LogP contribution in [-0.4, -0.2) is 57.8 Å². The van der Waals surface area contributed by atoms with Gasteiger partial charge in [0.05, 0.1) is 0 Å². The normalized spacial score (nSPS) is 18.2. The molecule has 0 aliphatic carbocycles. The van der Waals surface area contributed by atoms with Gasteiger partial charge < -0.3 is 10.2 Å². The van der Waals surface area contributed by atoms with Crippen molar-refractivity contribution in [3.63, 3.8) is 0 Å². The molecule has 2 rings (SSSR count). The number of anilines is 1. The number of hydrogen-bond acceptors (Lipinski definition) is 8. The lowest BCUT2D eigenvalue weighted by Gasteiger charge is -2.37. The average Bonchev–Trinajstić information content (AvgIpc) is 3.10. The highest BCUT2D eigenvalue weighted by Gasteiger charge is 2.46. The summed E-state index contributed by atoms with van der Waals surface area (Å²) < 4.78 is 74.6. The van der Waals surface area contributed by atoms with Crippen molar-refractivity contribution in [1.82, 2.24) is 20.6 Å². The molecule has 33 heavy (non-hydrogen) atoms. The maximum absolute atomic E-state index is 12.5. The Balaban J connectivity index is 1.96. The third kappa shape index (κ3) is 7.96. The average molecular weight is 503 g/mol. The van der Waals surface area contributed by atoms with E-state index in [4.69, 9.17) is 0 Å². The summed E-state index contributed by atoms with van der Waals surface area (Å²) in [6.45, 7) is 3.57. The first-order valence-electron chi connectivity index (χ1n) is 9.42. The van der Waals surface area contributed by atoms with E-state index in [0.717, 1.165) is 6.08 Å². The second-order valence-corrected chi connectivity index (χ2v) is 8.30. The van der Waals surface area contributed by atoms with E-state index in [2.05, 4.69) is 25.7 Å². The molecular weight excluding hydrogens is 484 g/mol. The largest absolute Gasteiger partial charge is 0.492 e. The Bertz CT molecular complexity index is 901. The third-order valence-corrected chi connectivity index (χ3v) is 5.02. The van der Waals surface area contributed by atoms with E-state index in [1.165, 1.54) is 6.08 Å². The molecule has 2 amide bonds. The van der Waals surface area contributed by atoms with Crippen LogP contribution >= 0.6 is 11.3 Å². The number of nitrogens with zero attached hydrogens (tertiary/aromatic N) is 3. The van der Waals surface area contributed by atoms with Crippen LogP contribution in [0.25, 0.3) is 0 Å². The predicted octanol–water partition coefficient (Wildman–Crippen LogP) is 2.68. The number of hydrogen-bond donors (Lipinski definition) is 2. The van der Waals surface area contributed by atoms with Crippen molar-refractivity contribution in [2.45, 2.75) is 51.1 Å². The Morgan fingerprint density at radius 2 is 1.88 bits per heavy atom. The Morgan fingerprint density at radius 3 is 2.36 bits per heavy atom. The summed E-state index contributed by atoms with van der Waals surface area (Å²) in [5.41, 5.74) is 0. The topological polar surface area (TPSA) is 114 Å². The van der Waals surface area contributed by atoms with Crippen molar-refractivity contribution in [2.75, 3.05) is 11.9 Å².